The molecule has 2 aliphatic rings. The highest BCUT2D eigenvalue weighted by Gasteiger charge is 2.44. The number of hydrogen-bond acceptors (Lipinski definition) is 9. The molecule has 0 saturated carbocycles. The molecule has 0 unspecified atom stereocenters. The molecule has 10 heteroatoms. The van der Waals surface area contributed by atoms with Crippen LogP contribution in [-0.4, -0.2) is 63.4 Å². The van der Waals surface area contributed by atoms with Crippen LogP contribution >= 0.6 is 11.3 Å². The molecule has 2 fully saturated rings. The van der Waals surface area contributed by atoms with Crippen molar-refractivity contribution in [2.75, 3.05) is 0 Å². The highest BCUT2D eigenvalue weighted by Crippen LogP contribution is 2.36. The summed E-state index contributed by atoms with van der Waals surface area (Å²) in [6.07, 6.45) is 4.14. The van der Waals surface area contributed by atoms with Crippen LogP contribution in [0.2, 0.25) is 0 Å². The Morgan fingerprint density at radius 1 is 1.22 bits per heavy atom. The summed E-state index contributed by atoms with van der Waals surface area (Å²) in [4.78, 5) is 42.8. The molecule has 3 heterocycles. The van der Waals surface area contributed by atoms with E-state index in [-0.39, 0.29) is 36.2 Å². The van der Waals surface area contributed by atoms with E-state index in [2.05, 4.69) is 10.3 Å². The van der Waals surface area contributed by atoms with E-state index in [4.69, 9.17) is 9.47 Å². The number of esters is 1. The summed E-state index contributed by atoms with van der Waals surface area (Å²) in [7, 11) is 0. The number of unbranched alkanes of at least 4 members (excludes halogenated alkanes) is 1. The van der Waals surface area contributed by atoms with Crippen LogP contribution in [0.3, 0.4) is 0 Å². The Balaban J connectivity index is 1.74. The number of cyclic esters (lactones) is 1. The second kappa shape index (κ2) is 14.8. The SMILES string of the molecule is CCCCC(=O)NCc1nc(C=C(C)[C@H]2C[C@@H]3O[C@H]3CCC[C@@H](C)[C@@H](O)[C@H](C)C(=O)C(C)(C)[C@H](O)CC(=O)O2)cs1. The van der Waals surface area contributed by atoms with E-state index in [1.54, 1.807) is 20.8 Å². The molecule has 1 aromatic heterocycles. The molecule has 9 nitrogen and oxygen atoms in total. The maximum absolute atomic E-state index is 13.3. The van der Waals surface area contributed by atoms with Gasteiger partial charge in [-0.05, 0) is 43.8 Å². The zero-order valence-corrected chi connectivity index (χ0v) is 26.2. The largest absolute Gasteiger partial charge is 0.458 e. The third-order valence-electron chi connectivity index (χ3n) is 8.54. The molecule has 3 N–H and O–H groups in total. The predicted molar refractivity (Wildman–Crippen MR) is 158 cm³/mol. The zero-order valence-electron chi connectivity index (χ0n) is 25.4. The number of ketones is 1. The average Bonchev–Trinajstić information content (AvgIpc) is 3.51. The first-order valence-corrected chi connectivity index (χ1v) is 15.9. The van der Waals surface area contributed by atoms with Crippen LogP contribution in [0.1, 0.15) is 104 Å². The van der Waals surface area contributed by atoms with Gasteiger partial charge in [0, 0.05) is 24.1 Å². The van der Waals surface area contributed by atoms with Crippen LogP contribution in [0.4, 0.5) is 0 Å². The van der Waals surface area contributed by atoms with Crippen LogP contribution in [0, 0.1) is 17.3 Å². The van der Waals surface area contributed by atoms with Gasteiger partial charge in [0.1, 0.15) is 16.9 Å². The van der Waals surface area contributed by atoms with Gasteiger partial charge in [0.2, 0.25) is 5.91 Å². The number of carbonyl (C=O) groups is 3. The lowest BCUT2D eigenvalue weighted by Crippen LogP contribution is -2.45. The van der Waals surface area contributed by atoms with Gasteiger partial charge >= 0.3 is 5.97 Å². The van der Waals surface area contributed by atoms with Crippen molar-refractivity contribution in [2.45, 2.75) is 130 Å². The molecule has 0 aromatic carbocycles. The van der Waals surface area contributed by atoms with E-state index >= 15 is 0 Å². The van der Waals surface area contributed by atoms with Gasteiger partial charge in [0.25, 0.3) is 0 Å². The average molecular weight is 593 g/mol. The van der Waals surface area contributed by atoms with Crippen molar-refractivity contribution in [3.05, 3.63) is 21.7 Å². The van der Waals surface area contributed by atoms with Gasteiger partial charge in [0.05, 0.1) is 48.5 Å². The first-order valence-electron chi connectivity index (χ1n) is 15.0. The minimum absolute atomic E-state index is 0.0134. The van der Waals surface area contributed by atoms with Gasteiger partial charge < -0.3 is 25.0 Å². The predicted octanol–water partition coefficient (Wildman–Crippen LogP) is 4.59. The van der Waals surface area contributed by atoms with Crippen molar-refractivity contribution < 1.29 is 34.1 Å². The third-order valence-corrected chi connectivity index (χ3v) is 9.41. The smallest absolute Gasteiger partial charge is 0.309 e. The minimum atomic E-state index is -1.26. The Labute approximate surface area is 248 Å². The molecule has 0 bridgehead atoms. The lowest BCUT2D eigenvalue weighted by Gasteiger charge is -2.34. The number of aliphatic hydroxyl groups is 2. The van der Waals surface area contributed by atoms with Crippen molar-refractivity contribution in [2.24, 2.45) is 17.3 Å². The molecular weight excluding hydrogens is 544 g/mol. The summed E-state index contributed by atoms with van der Waals surface area (Å²) in [6, 6.07) is 0. The van der Waals surface area contributed by atoms with Crippen molar-refractivity contribution in [3.63, 3.8) is 0 Å². The molecule has 1 amide bonds. The Morgan fingerprint density at radius 3 is 2.66 bits per heavy atom. The second-order valence-corrected chi connectivity index (χ2v) is 13.3. The van der Waals surface area contributed by atoms with E-state index in [0.717, 1.165) is 48.4 Å². The van der Waals surface area contributed by atoms with Gasteiger partial charge in [-0.3, -0.25) is 14.4 Å². The Bertz CT molecular complexity index is 1080. The van der Waals surface area contributed by atoms with Crippen molar-refractivity contribution in [1.82, 2.24) is 10.3 Å². The van der Waals surface area contributed by atoms with Crippen molar-refractivity contribution in [1.29, 1.82) is 0 Å². The molecule has 1 aromatic rings. The zero-order chi connectivity index (χ0) is 30.3. The standard InChI is InChI=1S/C31H48N2O7S/c1-7-8-12-26(35)32-16-27-33-21(17-41-27)13-19(3)23-14-24-22(39-24)11-9-10-18(2)29(37)20(4)30(38)31(5,6)25(34)15-28(36)40-23/h13,17-18,20,22-25,29,34,37H,7-12,14-16H2,1-6H3,(H,32,35)/t18-,20+,22+,23-,24+,25-,29-/m1/s1. The van der Waals surface area contributed by atoms with E-state index < -0.39 is 35.6 Å². The van der Waals surface area contributed by atoms with Crippen molar-refractivity contribution >= 4 is 35.1 Å². The maximum Gasteiger partial charge on any atom is 0.309 e. The van der Waals surface area contributed by atoms with E-state index in [0.29, 0.717) is 19.4 Å². The molecule has 0 aliphatic carbocycles. The summed E-state index contributed by atoms with van der Waals surface area (Å²) >= 11 is 1.45. The third kappa shape index (κ3) is 9.43. The van der Waals surface area contributed by atoms with Crippen LogP contribution < -0.4 is 5.32 Å². The fourth-order valence-electron chi connectivity index (χ4n) is 5.41. The summed E-state index contributed by atoms with van der Waals surface area (Å²) in [5.41, 5.74) is 0.285. The van der Waals surface area contributed by atoms with Crippen LogP contribution in [0.15, 0.2) is 11.0 Å². The topological polar surface area (TPSA) is 138 Å². The van der Waals surface area contributed by atoms with E-state index in [9.17, 15) is 24.6 Å². The number of thiazole rings is 1. The van der Waals surface area contributed by atoms with Gasteiger partial charge in [-0.2, -0.15) is 0 Å². The molecule has 2 saturated heterocycles. The fourth-order valence-corrected chi connectivity index (χ4v) is 6.10. The highest BCUT2D eigenvalue weighted by molar-refractivity contribution is 7.09. The quantitative estimate of drug-likeness (QED) is 0.309. The van der Waals surface area contributed by atoms with Crippen LogP contribution in [0.5, 0.6) is 0 Å². The number of carbonyl (C=O) groups excluding carboxylic acids is 3. The molecule has 0 spiro atoms. The number of nitrogens with zero attached hydrogens (tertiary/aromatic N) is 1. The summed E-state index contributed by atoms with van der Waals surface area (Å²) in [5.74, 6) is -1.62. The number of aromatic nitrogens is 1. The molecular formula is C31H48N2O7S. The molecule has 41 heavy (non-hydrogen) atoms. The van der Waals surface area contributed by atoms with Gasteiger partial charge in [-0.15, -0.1) is 11.3 Å². The summed E-state index contributed by atoms with van der Waals surface area (Å²) in [5, 5.41) is 27.4. The Hall–Kier alpha value is -2.14. The molecule has 7 atom stereocenters. The summed E-state index contributed by atoms with van der Waals surface area (Å²) < 4.78 is 11.8. The maximum atomic E-state index is 13.3. The fraction of sp³-hybridized carbons (Fsp3) is 0.742. The normalized spacial score (nSPS) is 31.7. The molecule has 230 valence electrons. The van der Waals surface area contributed by atoms with E-state index in [1.165, 1.54) is 11.3 Å². The van der Waals surface area contributed by atoms with Crippen LogP contribution in [-0.2, 0) is 30.4 Å². The minimum Gasteiger partial charge on any atom is -0.458 e. The summed E-state index contributed by atoms with van der Waals surface area (Å²) in [6.45, 7) is 11.2. The molecule has 2 aliphatic heterocycles. The lowest BCUT2D eigenvalue weighted by molar-refractivity contribution is -0.154. The molecule has 3 rings (SSSR count). The number of hydrogen-bond donors (Lipinski definition) is 3. The van der Waals surface area contributed by atoms with Gasteiger partial charge in [-0.1, -0.05) is 47.5 Å². The number of aliphatic hydroxyl groups excluding tert-OH is 2. The number of amides is 1. The number of ether oxygens (including phenoxy) is 2. The number of rotatable bonds is 7. The van der Waals surface area contributed by atoms with Gasteiger partial charge in [-0.25, -0.2) is 4.98 Å². The number of fused-ring (bicyclic) bond motifs is 1. The number of nitrogens with one attached hydrogen (secondary N) is 1. The molecule has 0 radical (unpaired) electrons. The monoisotopic (exact) mass is 592 g/mol. The number of epoxide rings is 1. The van der Waals surface area contributed by atoms with Gasteiger partial charge in [0.15, 0.2) is 0 Å². The first kappa shape index (κ1) is 33.4. The highest BCUT2D eigenvalue weighted by atomic mass is 32.1. The second-order valence-electron chi connectivity index (χ2n) is 12.4. The lowest BCUT2D eigenvalue weighted by atomic mass is 9.73. The van der Waals surface area contributed by atoms with E-state index in [1.807, 2.05) is 32.2 Å². The van der Waals surface area contributed by atoms with Crippen LogP contribution in [0.25, 0.3) is 6.08 Å². The Morgan fingerprint density at radius 2 is 1.95 bits per heavy atom. The van der Waals surface area contributed by atoms with Crippen molar-refractivity contribution in [3.8, 4) is 0 Å². The first-order chi connectivity index (χ1) is 19.3. The Kier molecular flexibility index (Phi) is 12.1. The number of Topliss-reactive ketones (excluding diaryl/α,β-unsaturated/α-hetero) is 1.